The molecule has 0 saturated heterocycles. The number of aliphatic imine (C=N–C) groups is 1. The molecule has 0 aromatic rings. The fourth-order valence-corrected chi connectivity index (χ4v) is 2.26. The molecule has 0 bridgehead atoms. The number of rotatable bonds is 11. The number of nitrogens with zero attached hydrogens (tertiary/aromatic N) is 1. The molecular weight excluding hydrogens is 381 g/mol. The Morgan fingerprint density at radius 3 is 2.10 bits per heavy atom. The molecule has 0 fully saturated rings. The molecule has 0 heterocycles. The van der Waals surface area contributed by atoms with Gasteiger partial charge in [0.15, 0.2) is 0 Å². The first-order valence-electron chi connectivity index (χ1n) is 10.1. The number of carbonyl (C=O) groups excluding carboxylic acids is 3. The molecule has 0 N–H and O–H groups in total. The van der Waals surface area contributed by atoms with Gasteiger partial charge in [0.1, 0.15) is 16.9 Å². The zero-order valence-electron chi connectivity index (χ0n) is 18.8. The Morgan fingerprint density at radius 2 is 1.62 bits per heavy atom. The van der Waals surface area contributed by atoms with Crippen LogP contribution in [-0.4, -0.2) is 48.2 Å². The third kappa shape index (κ3) is 12.2. The van der Waals surface area contributed by atoms with Gasteiger partial charge in [-0.15, -0.1) is 0 Å². The van der Waals surface area contributed by atoms with Crippen LogP contribution in [0.4, 0.5) is 9.18 Å². The van der Waals surface area contributed by atoms with Crippen LogP contribution in [0.15, 0.2) is 4.99 Å². The number of ether oxygens (including phenoxy) is 3. The highest BCUT2D eigenvalue weighted by Gasteiger charge is 2.28. The summed E-state index contributed by atoms with van der Waals surface area (Å²) in [6, 6.07) is 0. The van der Waals surface area contributed by atoms with Crippen molar-refractivity contribution in [3.05, 3.63) is 0 Å². The number of hydrogen-bond donors (Lipinski definition) is 0. The zero-order chi connectivity index (χ0) is 22.7. The highest BCUT2D eigenvalue weighted by molar-refractivity contribution is 6.38. The average molecular weight is 418 g/mol. The van der Waals surface area contributed by atoms with Crippen LogP contribution in [0, 0.1) is 5.92 Å². The molecule has 0 aliphatic rings. The Kier molecular flexibility index (Phi) is 11.7. The molecule has 0 saturated carbocycles. The average Bonchev–Trinajstić information content (AvgIpc) is 2.58. The minimum absolute atomic E-state index is 0.00758. The minimum atomic E-state index is -0.907. The lowest BCUT2D eigenvalue weighted by atomic mass is 9.96. The standard InChI is InChI=1S/C21H36FNO6/c1-8-21(6,7)28-18(25)16(23-19(26)29-20(3,4)5)13-12-15(11-10-14-22)17(24)27-9-2/h15H,8-14H2,1-7H3/b23-16+. The maximum Gasteiger partial charge on any atom is 0.434 e. The van der Waals surface area contributed by atoms with E-state index in [9.17, 15) is 18.8 Å². The van der Waals surface area contributed by atoms with Crippen LogP contribution >= 0.6 is 0 Å². The Balaban J connectivity index is 5.47. The van der Waals surface area contributed by atoms with Gasteiger partial charge in [-0.2, -0.15) is 4.99 Å². The maximum atomic E-state index is 12.6. The molecule has 168 valence electrons. The van der Waals surface area contributed by atoms with E-state index in [0.717, 1.165) is 0 Å². The van der Waals surface area contributed by atoms with E-state index in [1.807, 2.05) is 6.92 Å². The molecule has 1 atom stereocenters. The summed E-state index contributed by atoms with van der Waals surface area (Å²) in [6.07, 6.45) is 0.339. The molecule has 8 heteroatoms. The van der Waals surface area contributed by atoms with Crippen molar-refractivity contribution in [1.29, 1.82) is 0 Å². The van der Waals surface area contributed by atoms with E-state index >= 15 is 0 Å². The number of esters is 2. The highest BCUT2D eigenvalue weighted by atomic mass is 19.1. The van der Waals surface area contributed by atoms with Gasteiger partial charge >= 0.3 is 18.0 Å². The van der Waals surface area contributed by atoms with Crippen LogP contribution in [0.3, 0.4) is 0 Å². The SMILES string of the molecule is CCOC(=O)C(CCCF)CC/C(=N\C(=O)OC(C)(C)C)C(=O)OC(C)(C)CC. The summed E-state index contributed by atoms with van der Waals surface area (Å²) in [5.41, 5.74) is -1.64. The summed E-state index contributed by atoms with van der Waals surface area (Å²) >= 11 is 0. The van der Waals surface area contributed by atoms with Gasteiger partial charge in [0, 0.05) is 0 Å². The second kappa shape index (κ2) is 12.5. The molecule has 0 aliphatic heterocycles. The molecule has 1 unspecified atom stereocenters. The van der Waals surface area contributed by atoms with E-state index in [2.05, 4.69) is 4.99 Å². The first-order valence-corrected chi connectivity index (χ1v) is 10.1. The summed E-state index contributed by atoms with van der Waals surface area (Å²) in [6.45, 7) is 11.8. The van der Waals surface area contributed by atoms with Gasteiger partial charge in [0.05, 0.1) is 19.2 Å². The van der Waals surface area contributed by atoms with Crippen molar-refractivity contribution in [1.82, 2.24) is 0 Å². The van der Waals surface area contributed by atoms with E-state index < -0.39 is 41.8 Å². The molecule has 0 aromatic carbocycles. The number of alkyl halides is 1. The predicted molar refractivity (Wildman–Crippen MR) is 109 cm³/mol. The van der Waals surface area contributed by atoms with Crippen LogP contribution in [0.25, 0.3) is 0 Å². The van der Waals surface area contributed by atoms with Gasteiger partial charge in [-0.3, -0.25) is 9.18 Å². The second-order valence-electron chi connectivity index (χ2n) is 8.36. The smallest absolute Gasteiger partial charge is 0.434 e. The number of amides is 1. The highest BCUT2D eigenvalue weighted by Crippen LogP contribution is 2.20. The van der Waals surface area contributed by atoms with E-state index in [0.29, 0.717) is 6.42 Å². The second-order valence-corrected chi connectivity index (χ2v) is 8.36. The summed E-state index contributed by atoms with van der Waals surface area (Å²) in [7, 11) is 0. The molecule has 0 spiro atoms. The predicted octanol–water partition coefficient (Wildman–Crippen LogP) is 4.80. The van der Waals surface area contributed by atoms with E-state index in [-0.39, 0.29) is 38.0 Å². The van der Waals surface area contributed by atoms with Gasteiger partial charge in [-0.1, -0.05) is 6.92 Å². The van der Waals surface area contributed by atoms with Crippen molar-refractivity contribution >= 4 is 23.7 Å². The summed E-state index contributed by atoms with van der Waals surface area (Å²) < 4.78 is 28.2. The maximum absolute atomic E-state index is 12.6. The number of hydrogen-bond acceptors (Lipinski definition) is 6. The Hall–Kier alpha value is -1.99. The van der Waals surface area contributed by atoms with Crippen molar-refractivity contribution in [2.24, 2.45) is 10.9 Å². The van der Waals surface area contributed by atoms with E-state index in [1.54, 1.807) is 41.5 Å². The molecule has 29 heavy (non-hydrogen) atoms. The van der Waals surface area contributed by atoms with Gasteiger partial charge < -0.3 is 14.2 Å². The normalized spacial score (nSPS) is 13.6. The molecule has 1 amide bonds. The fourth-order valence-electron chi connectivity index (χ4n) is 2.26. The zero-order valence-corrected chi connectivity index (χ0v) is 18.8. The molecule has 0 rings (SSSR count). The molecule has 7 nitrogen and oxygen atoms in total. The lowest BCUT2D eigenvalue weighted by Crippen LogP contribution is -2.32. The van der Waals surface area contributed by atoms with E-state index in [1.165, 1.54) is 0 Å². The molecule has 0 aromatic heterocycles. The summed E-state index contributed by atoms with van der Waals surface area (Å²) in [5, 5.41) is 0. The van der Waals surface area contributed by atoms with Gasteiger partial charge in [-0.25, -0.2) is 9.59 Å². The topological polar surface area (TPSA) is 91.3 Å². The number of halogens is 1. The van der Waals surface area contributed by atoms with Crippen molar-refractivity contribution < 1.29 is 33.0 Å². The van der Waals surface area contributed by atoms with Crippen molar-refractivity contribution in [2.45, 2.75) is 91.8 Å². The van der Waals surface area contributed by atoms with Gasteiger partial charge in [0.25, 0.3) is 0 Å². The molecular formula is C21H36FNO6. The Morgan fingerprint density at radius 1 is 1.00 bits per heavy atom. The summed E-state index contributed by atoms with van der Waals surface area (Å²) in [5.74, 6) is -1.79. The van der Waals surface area contributed by atoms with Crippen LogP contribution in [0.1, 0.15) is 80.6 Å². The Bertz CT molecular complexity index is 580. The van der Waals surface area contributed by atoms with Crippen molar-refractivity contribution in [3.8, 4) is 0 Å². The largest absolute Gasteiger partial charge is 0.466 e. The van der Waals surface area contributed by atoms with Gasteiger partial charge in [0.2, 0.25) is 0 Å². The van der Waals surface area contributed by atoms with Crippen LogP contribution in [-0.2, 0) is 23.8 Å². The van der Waals surface area contributed by atoms with Crippen molar-refractivity contribution in [3.63, 3.8) is 0 Å². The third-order valence-electron chi connectivity index (χ3n) is 4.11. The van der Waals surface area contributed by atoms with Gasteiger partial charge in [-0.05, 0) is 73.6 Å². The quantitative estimate of drug-likeness (QED) is 0.272. The lowest BCUT2D eigenvalue weighted by molar-refractivity contribution is -0.150. The lowest BCUT2D eigenvalue weighted by Gasteiger charge is -2.24. The molecule has 0 aliphatic carbocycles. The Labute approximate surface area is 173 Å². The first-order chi connectivity index (χ1) is 13.3. The summed E-state index contributed by atoms with van der Waals surface area (Å²) in [4.78, 5) is 40.6. The molecule has 0 radical (unpaired) electrons. The van der Waals surface area contributed by atoms with Crippen LogP contribution in [0.2, 0.25) is 0 Å². The minimum Gasteiger partial charge on any atom is -0.466 e. The third-order valence-corrected chi connectivity index (χ3v) is 4.11. The monoisotopic (exact) mass is 417 g/mol. The van der Waals surface area contributed by atoms with Crippen LogP contribution in [0.5, 0.6) is 0 Å². The number of carbonyl (C=O) groups is 3. The fraction of sp³-hybridized carbons (Fsp3) is 0.810. The first kappa shape index (κ1) is 27.0. The van der Waals surface area contributed by atoms with Crippen LogP contribution < -0.4 is 0 Å². The van der Waals surface area contributed by atoms with E-state index in [4.69, 9.17) is 14.2 Å². The van der Waals surface area contributed by atoms with Crippen molar-refractivity contribution in [2.75, 3.05) is 13.3 Å².